The van der Waals surface area contributed by atoms with Crippen LogP contribution < -0.4 is 0 Å². The van der Waals surface area contributed by atoms with Crippen molar-refractivity contribution in [2.75, 3.05) is 0 Å². The van der Waals surface area contributed by atoms with E-state index >= 15 is 0 Å². The largest absolute Gasteiger partial charge is 0.481 e. The van der Waals surface area contributed by atoms with Crippen LogP contribution in [-0.2, 0) is 9.53 Å². The number of carboxylic acid groups (broad SMARTS) is 1. The van der Waals surface area contributed by atoms with Crippen molar-refractivity contribution in [2.45, 2.75) is 76.5 Å². The first-order valence-corrected chi connectivity index (χ1v) is 9.33. The molecule has 1 aliphatic heterocycles. The van der Waals surface area contributed by atoms with Gasteiger partial charge in [-0.2, -0.15) is 0 Å². The van der Waals surface area contributed by atoms with E-state index in [-0.39, 0.29) is 18.8 Å². The molecule has 148 valence electrons. The lowest BCUT2D eigenvalue weighted by molar-refractivity contribution is -0.199. The number of unbranched alkanes of at least 4 members (excludes halogenated alkanes) is 1. The second-order valence-electron chi connectivity index (χ2n) is 6.58. The number of hydrogen-bond donors (Lipinski definition) is 4. The topological polar surface area (TPSA) is 107 Å². The van der Waals surface area contributed by atoms with Gasteiger partial charge in [-0.25, -0.2) is 0 Å². The van der Waals surface area contributed by atoms with Crippen molar-refractivity contribution in [1.82, 2.24) is 0 Å². The molecule has 1 rings (SSSR count). The van der Waals surface area contributed by atoms with Gasteiger partial charge in [0, 0.05) is 18.8 Å². The first-order valence-electron chi connectivity index (χ1n) is 9.33. The van der Waals surface area contributed by atoms with Crippen molar-refractivity contribution in [3.63, 3.8) is 0 Å². The Balaban J connectivity index is 2.56. The van der Waals surface area contributed by atoms with E-state index in [4.69, 9.17) is 9.84 Å². The third-order valence-electron chi connectivity index (χ3n) is 4.31. The zero-order chi connectivity index (χ0) is 19.4. The monoisotopic (exact) mass is 368 g/mol. The van der Waals surface area contributed by atoms with Crippen LogP contribution in [0.4, 0.5) is 0 Å². The minimum Gasteiger partial charge on any atom is -0.481 e. The molecule has 0 aromatic carbocycles. The van der Waals surface area contributed by atoms with Gasteiger partial charge in [0.1, 0.15) is 0 Å². The van der Waals surface area contributed by atoms with Crippen LogP contribution in [0.1, 0.15) is 51.9 Å². The SMILES string of the molecule is CC/C=C\CC(O)/C=C/[C@H]1OC(O)CC(O)C1C/C=C\CCCC(=O)O. The summed E-state index contributed by atoms with van der Waals surface area (Å²) in [6, 6.07) is 0. The molecule has 1 heterocycles. The molecule has 0 spiro atoms. The number of aliphatic hydroxyl groups excluding tert-OH is 3. The predicted octanol–water partition coefficient (Wildman–Crippen LogP) is 2.55. The number of carboxylic acids is 1. The Hall–Kier alpha value is -1.47. The third kappa shape index (κ3) is 9.29. The fourth-order valence-electron chi connectivity index (χ4n) is 2.88. The van der Waals surface area contributed by atoms with Crippen LogP contribution in [0.3, 0.4) is 0 Å². The summed E-state index contributed by atoms with van der Waals surface area (Å²) in [5, 5.41) is 38.6. The van der Waals surface area contributed by atoms with Gasteiger partial charge in [-0.1, -0.05) is 43.4 Å². The zero-order valence-corrected chi connectivity index (χ0v) is 15.4. The number of allylic oxidation sites excluding steroid dienone is 3. The van der Waals surface area contributed by atoms with Gasteiger partial charge in [0.05, 0.1) is 18.3 Å². The van der Waals surface area contributed by atoms with E-state index < -0.39 is 30.6 Å². The lowest BCUT2D eigenvalue weighted by Gasteiger charge is -2.36. The molecule has 1 fully saturated rings. The summed E-state index contributed by atoms with van der Waals surface area (Å²) < 4.78 is 5.52. The van der Waals surface area contributed by atoms with Gasteiger partial charge in [0.15, 0.2) is 6.29 Å². The van der Waals surface area contributed by atoms with Crippen LogP contribution in [0, 0.1) is 5.92 Å². The predicted molar refractivity (Wildman–Crippen MR) is 99.4 cm³/mol. The first-order chi connectivity index (χ1) is 12.4. The number of rotatable bonds is 11. The van der Waals surface area contributed by atoms with Crippen molar-refractivity contribution in [3.8, 4) is 0 Å². The summed E-state index contributed by atoms with van der Waals surface area (Å²) in [5.74, 6) is -1.02. The molecule has 0 aromatic heterocycles. The molecule has 6 nitrogen and oxygen atoms in total. The van der Waals surface area contributed by atoms with Crippen LogP contribution in [-0.4, -0.2) is 51.0 Å². The molecule has 1 saturated heterocycles. The second-order valence-corrected chi connectivity index (χ2v) is 6.58. The number of hydrogen-bond acceptors (Lipinski definition) is 5. The van der Waals surface area contributed by atoms with Crippen molar-refractivity contribution in [1.29, 1.82) is 0 Å². The third-order valence-corrected chi connectivity index (χ3v) is 4.31. The van der Waals surface area contributed by atoms with Gasteiger partial charge < -0.3 is 25.2 Å². The maximum Gasteiger partial charge on any atom is 0.303 e. The lowest BCUT2D eigenvalue weighted by Crippen LogP contribution is -2.43. The Morgan fingerprint density at radius 3 is 2.69 bits per heavy atom. The number of carbonyl (C=O) groups is 1. The quantitative estimate of drug-likeness (QED) is 0.330. The van der Waals surface area contributed by atoms with Crippen molar-refractivity contribution in [3.05, 3.63) is 36.5 Å². The average molecular weight is 368 g/mol. The van der Waals surface area contributed by atoms with Gasteiger partial charge in [-0.3, -0.25) is 4.79 Å². The molecule has 0 bridgehead atoms. The highest BCUT2D eigenvalue weighted by Crippen LogP contribution is 2.29. The maximum absolute atomic E-state index is 10.5. The molecule has 26 heavy (non-hydrogen) atoms. The molecule has 6 heteroatoms. The molecule has 4 N–H and O–H groups in total. The molecular formula is C20H32O6. The Morgan fingerprint density at radius 2 is 2.00 bits per heavy atom. The number of ether oxygens (including phenoxy) is 1. The smallest absolute Gasteiger partial charge is 0.303 e. The lowest BCUT2D eigenvalue weighted by atomic mass is 9.87. The van der Waals surface area contributed by atoms with Gasteiger partial charge in [0.2, 0.25) is 0 Å². The van der Waals surface area contributed by atoms with Crippen molar-refractivity contribution in [2.24, 2.45) is 5.92 Å². The average Bonchev–Trinajstić information content (AvgIpc) is 2.57. The fourth-order valence-corrected chi connectivity index (χ4v) is 2.88. The van der Waals surface area contributed by atoms with Crippen LogP contribution in [0.5, 0.6) is 0 Å². The second kappa shape index (κ2) is 12.8. The van der Waals surface area contributed by atoms with Gasteiger partial charge >= 0.3 is 5.97 Å². The summed E-state index contributed by atoms with van der Waals surface area (Å²) >= 11 is 0. The summed E-state index contributed by atoms with van der Waals surface area (Å²) in [6.07, 6.45) is 11.8. The number of aliphatic hydroxyl groups is 3. The van der Waals surface area contributed by atoms with Crippen molar-refractivity contribution >= 4 is 5.97 Å². The van der Waals surface area contributed by atoms with E-state index in [1.54, 1.807) is 12.2 Å². The van der Waals surface area contributed by atoms with Gasteiger partial charge in [-0.05, 0) is 32.1 Å². The molecule has 1 aliphatic rings. The van der Waals surface area contributed by atoms with Gasteiger partial charge in [-0.15, -0.1) is 0 Å². The molecule has 0 saturated carbocycles. The Morgan fingerprint density at radius 1 is 1.23 bits per heavy atom. The maximum atomic E-state index is 10.5. The van der Waals surface area contributed by atoms with E-state index in [9.17, 15) is 20.1 Å². The molecule has 0 aromatic rings. The zero-order valence-electron chi connectivity index (χ0n) is 15.4. The van der Waals surface area contributed by atoms with Crippen LogP contribution in [0.15, 0.2) is 36.5 Å². The van der Waals surface area contributed by atoms with Crippen molar-refractivity contribution < 1.29 is 30.0 Å². The first kappa shape index (κ1) is 22.6. The van der Waals surface area contributed by atoms with E-state index in [0.717, 1.165) is 6.42 Å². The highest BCUT2D eigenvalue weighted by molar-refractivity contribution is 5.66. The minimum absolute atomic E-state index is 0.140. The standard InChI is InChI=1S/C20H32O6/c1-2-3-6-9-15(21)12-13-18-16(17(22)14-20(25)26-18)10-7-4-5-8-11-19(23)24/h3-4,6-7,12-13,15-18,20-22,25H,2,5,8-11,14H2,1H3,(H,23,24)/b6-3-,7-4-,13-12+/t15?,16?,17?,18-,20?/m1/s1. The number of aliphatic carboxylic acids is 1. The fraction of sp³-hybridized carbons (Fsp3) is 0.650. The van der Waals surface area contributed by atoms with E-state index in [1.165, 1.54) is 0 Å². The normalized spacial score (nSPS) is 28.3. The molecule has 4 unspecified atom stereocenters. The molecular weight excluding hydrogens is 336 g/mol. The minimum atomic E-state index is -1.02. The van der Waals surface area contributed by atoms with E-state index in [1.807, 2.05) is 31.2 Å². The van der Waals surface area contributed by atoms with Gasteiger partial charge in [0.25, 0.3) is 0 Å². The highest BCUT2D eigenvalue weighted by atomic mass is 16.6. The molecule has 5 atom stereocenters. The summed E-state index contributed by atoms with van der Waals surface area (Å²) in [5.41, 5.74) is 0. The van der Waals surface area contributed by atoms with Crippen LogP contribution in [0.25, 0.3) is 0 Å². The summed E-state index contributed by atoms with van der Waals surface area (Å²) in [6.45, 7) is 2.02. The summed E-state index contributed by atoms with van der Waals surface area (Å²) in [7, 11) is 0. The molecule has 0 aliphatic carbocycles. The Bertz CT molecular complexity index is 485. The Kier molecular flexibility index (Phi) is 11.1. The summed E-state index contributed by atoms with van der Waals surface area (Å²) in [4.78, 5) is 10.5. The van der Waals surface area contributed by atoms with E-state index in [2.05, 4.69) is 0 Å². The Labute approximate surface area is 155 Å². The molecule has 0 amide bonds. The molecule has 0 radical (unpaired) electrons. The highest BCUT2D eigenvalue weighted by Gasteiger charge is 2.35. The van der Waals surface area contributed by atoms with Crippen LogP contribution in [0.2, 0.25) is 0 Å². The van der Waals surface area contributed by atoms with E-state index in [0.29, 0.717) is 25.7 Å². The van der Waals surface area contributed by atoms with Crippen LogP contribution >= 0.6 is 0 Å².